The Morgan fingerprint density at radius 1 is 1.14 bits per heavy atom. The van der Waals surface area contributed by atoms with Crippen LogP contribution >= 0.6 is 0 Å². The number of aromatic nitrogens is 3. The molecule has 7 heteroatoms. The molecule has 0 saturated carbocycles. The van der Waals surface area contributed by atoms with Crippen LogP contribution in [0.1, 0.15) is 38.8 Å². The van der Waals surface area contributed by atoms with Gasteiger partial charge in [-0.1, -0.05) is 10.3 Å². The standard InChI is InChI=1S/C15H15N3O4/c1-7-5-11(13-9(3)18-22-14(13)16-7)15(19)20-6-12-8(2)17-21-10(12)4/h5H,6H2,1-4H3. The monoisotopic (exact) mass is 301 g/mol. The van der Waals surface area contributed by atoms with Crippen LogP contribution in [0.15, 0.2) is 15.1 Å². The minimum absolute atomic E-state index is 0.104. The van der Waals surface area contributed by atoms with Crippen LogP contribution < -0.4 is 0 Å². The molecule has 0 spiro atoms. The third-order valence-corrected chi connectivity index (χ3v) is 3.49. The van der Waals surface area contributed by atoms with Gasteiger partial charge >= 0.3 is 5.97 Å². The third-order valence-electron chi connectivity index (χ3n) is 3.49. The van der Waals surface area contributed by atoms with Crippen molar-refractivity contribution >= 4 is 17.1 Å². The highest BCUT2D eigenvalue weighted by Gasteiger charge is 2.20. The normalized spacial score (nSPS) is 11.1. The number of nitrogens with zero attached hydrogens (tertiary/aromatic N) is 3. The number of rotatable bonds is 3. The van der Waals surface area contributed by atoms with E-state index >= 15 is 0 Å². The van der Waals surface area contributed by atoms with E-state index in [4.69, 9.17) is 13.8 Å². The molecule has 114 valence electrons. The Hall–Kier alpha value is -2.70. The molecule has 0 bridgehead atoms. The van der Waals surface area contributed by atoms with Crippen molar-refractivity contribution in [2.45, 2.75) is 34.3 Å². The van der Waals surface area contributed by atoms with E-state index in [9.17, 15) is 4.79 Å². The molecule has 0 aliphatic carbocycles. The first-order valence-corrected chi connectivity index (χ1v) is 6.80. The maximum Gasteiger partial charge on any atom is 0.339 e. The number of pyridine rings is 1. The molecule has 0 unspecified atom stereocenters. The second kappa shape index (κ2) is 5.25. The van der Waals surface area contributed by atoms with Gasteiger partial charge in [0.25, 0.3) is 5.71 Å². The smallest absolute Gasteiger partial charge is 0.339 e. The SMILES string of the molecule is Cc1cc(C(=O)OCc2c(C)noc2C)c2c(C)noc2n1. The predicted octanol–water partition coefficient (Wildman–Crippen LogP) is 2.80. The summed E-state index contributed by atoms with van der Waals surface area (Å²) in [5, 5.41) is 8.26. The minimum Gasteiger partial charge on any atom is -0.457 e. The number of fused-ring (bicyclic) bond motifs is 1. The Morgan fingerprint density at radius 3 is 2.55 bits per heavy atom. The quantitative estimate of drug-likeness (QED) is 0.687. The molecule has 0 radical (unpaired) electrons. The number of hydrogen-bond acceptors (Lipinski definition) is 7. The molecule has 0 N–H and O–H groups in total. The number of carbonyl (C=O) groups is 1. The van der Waals surface area contributed by atoms with Crippen LogP contribution in [0.2, 0.25) is 0 Å². The average molecular weight is 301 g/mol. The van der Waals surface area contributed by atoms with Crippen LogP contribution in [-0.4, -0.2) is 21.3 Å². The van der Waals surface area contributed by atoms with Gasteiger partial charge in [0.1, 0.15) is 12.4 Å². The minimum atomic E-state index is -0.457. The molecule has 0 aliphatic rings. The first-order valence-electron chi connectivity index (χ1n) is 6.80. The number of hydrogen-bond donors (Lipinski definition) is 0. The summed E-state index contributed by atoms with van der Waals surface area (Å²) in [5.41, 5.74) is 3.48. The third kappa shape index (κ3) is 2.34. The van der Waals surface area contributed by atoms with Gasteiger partial charge in [-0.2, -0.15) is 0 Å². The molecule has 22 heavy (non-hydrogen) atoms. The maximum atomic E-state index is 12.4. The van der Waals surface area contributed by atoms with Crippen molar-refractivity contribution in [3.05, 3.63) is 40.0 Å². The highest BCUT2D eigenvalue weighted by atomic mass is 16.5. The van der Waals surface area contributed by atoms with Crippen molar-refractivity contribution in [1.29, 1.82) is 0 Å². The Balaban J connectivity index is 1.91. The van der Waals surface area contributed by atoms with E-state index in [2.05, 4.69) is 15.3 Å². The molecule has 3 aromatic heterocycles. The molecule has 0 saturated heterocycles. The van der Waals surface area contributed by atoms with Gasteiger partial charge in [-0.3, -0.25) is 0 Å². The number of carbonyl (C=O) groups excluding carboxylic acids is 1. The second-order valence-electron chi connectivity index (χ2n) is 5.14. The van der Waals surface area contributed by atoms with Gasteiger partial charge in [-0.05, 0) is 33.8 Å². The molecular formula is C15H15N3O4. The zero-order chi connectivity index (χ0) is 15.9. The van der Waals surface area contributed by atoms with Crippen molar-refractivity contribution in [1.82, 2.24) is 15.3 Å². The molecule has 7 nitrogen and oxygen atoms in total. The fourth-order valence-corrected chi connectivity index (χ4v) is 2.30. The lowest BCUT2D eigenvalue weighted by Gasteiger charge is -2.06. The molecule has 0 aromatic carbocycles. The van der Waals surface area contributed by atoms with Gasteiger partial charge in [0.2, 0.25) is 0 Å². The van der Waals surface area contributed by atoms with E-state index < -0.39 is 5.97 Å². The summed E-state index contributed by atoms with van der Waals surface area (Å²) in [6, 6.07) is 1.67. The van der Waals surface area contributed by atoms with Crippen molar-refractivity contribution in [3.8, 4) is 0 Å². The van der Waals surface area contributed by atoms with E-state index in [1.165, 1.54) is 0 Å². The van der Waals surface area contributed by atoms with Crippen LogP contribution in [0.3, 0.4) is 0 Å². The van der Waals surface area contributed by atoms with Crippen molar-refractivity contribution in [2.75, 3.05) is 0 Å². The summed E-state index contributed by atoms with van der Waals surface area (Å²) in [6.07, 6.45) is 0. The fourth-order valence-electron chi connectivity index (χ4n) is 2.30. The zero-order valence-electron chi connectivity index (χ0n) is 12.8. The summed E-state index contributed by atoms with van der Waals surface area (Å²) in [4.78, 5) is 16.6. The molecule has 0 atom stereocenters. The van der Waals surface area contributed by atoms with E-state index in [0.29, 0.717) is 39.5 Å². The van der Waals surface area contributed by atoms with Gasteiger partial charge < -0.3 is 13.8 Å². The largest absolute Gasteiger partial charge is 0.457 e. The van der Waals surface area contributed by atoms with E-state index in [1.54, 1.807) is 33.8 Å². The second-order valence-corrected chi connectivity index (χ2v) is 5.14. The Bertz CT molecular complexity index is 844. The predicted molar refractivity (Wildman–Crippen MR) is 76.4 cm³/mol. The van der Waals surface area contributed by atoms with Crippen LogP contribution in [0.25, 0.3) is 11.1 Å². The summed E-state index contributed by atoms with van der Waals surface area (Å²) in [5.74, 6) is 0.185. The molecular weight excluding hydrogens is 286 g/mol. The van der Waals surface area contributed by atoms with Crippen molar-refractivity contribution in [3.63, 3.8) is 0 Å². The van der Waals surface area contributed by atoms with Gasteiger partial charge in [0, 0.05) is 5.69 Å². The molecule has 0 aliphatic heterocycles. The van der Waals surface area contributed by atoms with Gasteiger partial charge in [-0.15, -0.1) is 0 Å². The zero-order valence-corrected chi connectivity index (χ0v) is 12.8. The van der Waals surface area contributed by atoms with Crippen LogP contribution in [0.4, 0.5) is 0 Å². The maximum absolute atomic E-state index is 12.4. The summed E-state index contributed by atoms with van der Waals surface area (Å²) in [6.45, 7) is 7.23. The summed E-state index contributed by atoms with van der Waals surface area (Å²) >= 11 is 0. The highest BCUT2D eigenvalue weighted by molar-refractivity contribution is 6.03. The highest BCUT2D eigenvalue weighted by Crippen LogP contribution is 2.23. The van der Waals surface area contributed by atoms with Crippen molar-refractivity contribution < 1.29 is 18.6 Å². The number of aryl methyl sites for hydroxylation is 4. The molecule has 3 heterocycles. The Kier molecular flexibility index (Phi) is 3.40. The summed E-state index contributed by atoms with van der Waals surface area (Å²) in [7, 11) is 0. The lowest BCUT2D eigenvalue weighted by atomic mass is 10.1. The van der Waals surface area contributed by atoms with Gasteiger partial charge in [0.15, 0.2) is 0 Å². The van der Waals surface area contributed by atoms with Crippen LogP contribution in [0.5, 0.6) is 0 Å². The van der Waals surface area contributed by atoms with E-state index in [1.807, 2.05) is 0 Å². The summed E-state index contributed by atoms with van der Waals surface area (Å²) < 4.78 is 15.6. The lowest BCUT2D eigenvalue weighted by Crippen LogP contribution is -2.08. The molecule has 3 rings (SSSR count). The molecule has 3 aromatic rings. The topological polar surface area (TPSA) is 91.2 Å². The van der Waals surface area contributed by atoms with Gasteiger partial charge in [0.05, 0.1) is 27.9 Å². The van der Waals surface area contributed by atoms with Gasteiger partial charge in [-0.25, -0.2) is 9.78 Å². The Labute approximate surface area is 126 Å². The average Bonchev–Trinajstić information content (AvgIpc) is 2.99. The molecule has 0 fully saturated rings. The lowest BCUT2D eigenvalue weighted by molar-refractivity contribution is 0.0473. The van der Waals surface area contributed by atoms with E-state index in [0.717, 1.165) is 5.56 Å². The van der Waals surface area contributed by atoms with Crippen molar-refractivity contribution in [2.24, 2.45) is 0 Å². The van der Waals surface area contributed by atoms with Crippen LogP contribution in [0, 0.1) is 27.7 Å². The van der Waals surface area contributed by atoms with E-state index in [-0.39, 0.29) is 6.61 Å². The van der Waals surface area contributed by atoms with Crippen LogP contribution in [-0.2, 0) is 11.3 Å². The first kappa shape index (κ1) is 14.2. The molecule has 0 amide bonds. The first-order chi connectivity index (χ1) is 10.5. The Morgan fingerprint density at radius 2 is 1.86 bits per heavy atom. The fraction of sp³-hybridized carbons (Fsp3) is 0.333. The number of esters is 1. The number of ether oxygens (including phenoxy) is 1.